The summed E-state index contributed by atoms with van der Waals surface area (Å²) in [5.74, 6) is -0.735. The summed E-state index contributed by atoms with van der Waals surface area (Å²) in [5.41, 5.74) is 2.40. The highest BCUT2D eigenvalue weighted by Gasteiger charge is 2.13. The van der Waals surface area contributed by atoms with Crippen LogP contribution in [0.1, 0.15) is 16.7 Å². The van der Waals surface area contributed by atoms with Gasteiger partial charge in [-0.05, 0) is 55.7 Å². The molecule has 0 saturated heterocycles. The van der Waals surface area contributed by atoms with Crippen LogP contribution >= 0.6 is 11.6 Å². The van der Waals surface area contributed by atoms with Crippen LogP contribution in [0.4, 0.5) is 11.4 Å². The third kappa shape index (κ3) is 5.68. The molecule has 148 valence electrons. The number of nitrogens with zero attached hydrogens (tertiary/aromatic N) is 1. The molecule has 2 rings (SSSR count). The number of carbonyl (C=O) groups is 2. The number of amides is 1. The maximum absolute atomic E-state index is 11.9. The van der Waals surface area contributed by atoms with Crippen LogP contribution in [-0.2, 0) is 14.3 Å². The predicted molar refractivity (Wildman–Crippen MR) is 104 cm³/mol. The largest absolute Gasteiger partial charge is 0.481 e. The van der Waals surface area contributed by atoms with E-state index in [4.69, 9.17) is 21.1 Å². The number of hydrogen-bond donors (Lipinski definition) is 1. The van der Waals surface area contributed by atoms with Gasteiger partial charge in [0.15, 0.2) is 13.2 Å². The van der Waals surface area contributed by atoms with Crippen molar-refractivity contribution in [1.82, 2.24) is 0 Å². The second-order valence-electron chi connectivity index (χ2n) is 6.12. The second-order valence-corrected chi connectivity index (χ2v) is 6.56. The van der Waals surface area contributed by atoms with Crippen LogP contribution in [-0.4, -0.2) is 30.0 Å². The minimum Gasteiger partial charge on any atom is -0.481 e. The first-order valence-corrected chi connectivity index (χ1v) is 8.65. The number of nitro groups is 1. The van der Waals surface area contributed by atoms with E-state index in [2.05, 4.69) is 5.32 Å². The Balaban J connectivity index is 1.84. The molecule has 0 bridgehead atoms. The number of non-ortho nitro benzene ring substituents is 1. The van der Waals surface area contributed by atoms with Gasteiger partial charge in [0.05, 0.1) is 4.92 Å². The smallest absolute Gasteiger partial charge is 0.344 e. The van der Waals surface area contributed by atoms with Gasteiger partial charge in [-0.25, -0.2) is 4.79 Å². The molecule has 2 aromatic carbocycles. The third-order valence-corrected chi connectivity index (χ3v) is 4.04. The maximum atomic E-state index is 11.9. The molecule has 8 nitrogen and oxygen atoms in total. The summed E-state index contributed by atoms with van der Waals surface area (Å²) in [6, 6.07) is 7.47. The van der Waals surface area contributed by atoms with Gasteiger partial charge in [0.25, 0.3) is 11.6 Å². The Morgan fingerprint density at radius 1 is 1.07 bits per heavy atom. The van der Waals surface area contributed by atoms with E-state index >= 15 is 0 Å². The number of carbonyl (C=O) groups excluding carboxylic acids is 2. The Morgan fingerprint density at radius 2 is 1.71 bits per heavy atom. The van der Waals surface area contributed by atoms with Crippen molar-refractivity contribution in [3.63, 3.8) is 0 Å². The number of nitro benzene ring substituents is 1. The van der Waals surface area contributed by atoms with Crippen molar-refractivity contribution in [2.24, 2.45) is 0 Å². The number of anilines is 1. The Bertz CT molecular complexity index is 906. The number of aryl methyl sites for hydroxylation is 3. The fourth-order valence-electron chi connectivity index (χ4n) is 2.53. The Hall–Kier alpha value is -3.13. The summed E-state index contributed by atoms with van der Waals surface area (Å²) in [7, 11) is 0. The van der Waals surface area contributed by atoms with Gasteiger partial charge in [-0.1, -0.05) is 11.6 Å². The maximum Gasteiger partial charge on any atom is 0.344 e. The fourth-order valence-corrected chi connectivity index (χ4v) is 2.86. The molecule has 9 heteroatoms. The lowest BCUT2D eigenvalue weighted by Crippen LogP contribution is -2.24. The van der Waals surface area contributed by atoms with Crippen molar-refractivity contribution in [3.8, 4) is 5.75 Å². The molecule has 0 unspecified atom stereocenters. The Morgan fingerprint density at radius 3 is 2.29 bits per heavy atom. The summed E-state index contributed by atoms with van der Waals surface area (Å²) < 4.78 is 10.4. The lowest BCUT2D eigenvalue weighted by molar-refractivity contribution is -0.384. The molecule has 0 aliphatic carbocycles. The van der Waals surface area contributed by atoms with Gasteiger partial charge in [0, 0.05) is 22.8 Å². The van der Waals surface area contributed by atoms with Crippen LogP contribution in [0, 0.1) is 30.9 Å². The average Bonchev–Trinajstić information content (AvgIpc) is 2.60. The van der Waals surface area contributed by atoms with Crippen LogP contribution < -0.4 is 10.1 Å². The summed E-state index contributed by atoms with van der Waals surface area (Å²) in [6.07, 6.45) is 0. The van der Waals surface area contributed by atoms with Gasteiger partial charge < -0.3 is 14.8 Å². The second kappa shape index (κ2) is 9.18. The zero-order valence-electron chi connectivity index (χ0n) is 15.6. The predicted octanol–water partition coefficient (Wildman–Crippen LogP) is 3.73. The van der Waals surface area contributed by atoms with Gasteiger partial charge in [0.1, 0.15) is 5.75 Å². The molecule has 0 heterocycles. The summed E-state index contributed by atoms with van der Waals surface area (Å²) in [6.45, 7) is 4.38. The van der Waals surface area contributed by atoms with E-state index in [0.29, 0.717) is 22.0 Å². The third-order valence-electron chi connectivity index (χ3n) is 3.82. The first-order chi connectivity index (χ1) is 13.2. The fraction of sp³-hybridized carbons (Fsp3) is 0.263. The number of benzene rings is 2. The minimum absolute atomic E-state index is 0.0770. The van der Waals surface area contributed by atoms with E-state index in [9.17, 15) is 19.7 Å². The van der Waals surface area contributed by atoms with Crippen molar-refractivity contribution >= 4 is 34.9 Å². The Labute approximate surface area is 166 Å². The molecule has 0 aliphatic rings. The summed E-state index contributed by atoms with van der Waals surface area (Å²) in [4.78, 5) is 34.0. The van der Waals surface area contributed by atoms with Gasteiger partial charge in [0.2, 0.25) is 0 Å². The average molecular weight is 407 g/mol. The van der Waals surface area contributed by atoms with E-state index in [1.807, 2.05) is 0 Å². The highest BCUT2D eigenvalue weighted by Crippen LogP contribution is 2.27. The Kier molecular flexibility index (Phi) is 6.94. The molecule has 0 atom stereocenters. The molecule has 0 aliphatic heterocycles. The molecule has 0 fully saturated rings. The van der Waals surface area contributed by atoms with Gasteiger partial charge in [-0.3, -0.25) is 14.9 Å². The number of esters is 1. The van der Waals surface area contributed by atoms with E-state index in [1.54, 1.807) is 32.9 Å². The van der Waals surface area contributed by atoms with Crippen molar-refractivity contribution in [2.45, 2.75) is 20.8 Å². The summed E-state index contributed by atoms with van der Waals surface area (Å²) >= 11 is 5.95. The molecule has 0 spiro atoms. The van der Waals surface area contributed by atoms with Crippen LogP contribution in [0.15, 0.2) is 30.3 Å². The number of halogens is 1. The topological polar surface area (TPSA) is 108 Å². The van der Waals surface area contributed by atoms with Crippen LogP contribution in [0.5, 0.6) is 5.75 Å². The van der Waals surface area contributed by atoms with Gasteiger partial charge in [-0.2, -0.15) is 0 Å². The van der Waals surface area contributed by atoms with Crippen molar-refractivity contribution in [1.29, 1.82) is 0 Å². The number of ether oxygens (including phenoxy) is 2. The zero-order valence-corrected chi connectivity index (χ0v) is 16.3. The number of rotatable bonds is 7. The van der Waals surface area contributed by atoms with Crippen molar-refractivity contribution in [2.75, 3.05) is 18.5 Å². The molecule has 0 saturated carbocycles. The minimum atomic E-state index is -0.704. The van der Waals surface area contributed by atoms with E-state index in [0.717, 1.165) is 11.1 Å². The van der Waals surface area contributed by atoms with Crippen LogP contribution in [0.2, 0.25) is 5.02 Å². The van der Waals surface area contributed by atoms with Crippen molar-refractivity contribution in [3.05, 3.63) is 62.2 Å². The molecule has 1 N–H and O–H groups in total. The van der Waals surface area contributed by atoms with Crippen LogP contribution in [0.3, 0.4) is 0 Å². The monoisotopic (exact) mass is 406 g/mol. The van der Waals surface area contributed by atoms with E-state index in [1.165, 1.54) is 18.2 Å². The molecule has 28 heavy (non-hydrogen) atoms. The van der Waals surface area contributed by atoms with Gasteiger partial charge in [-0.15, -0.1) is 0 Å². The van der Waals surface area contributed by atoms with Crippen LogP contribution in [0.25, 0.3) is 0 Å². The lowest BCUT2D eigenvalue weighted by atomic mass is 10.1. The number of nitrogens with one attached hydrogen (secondary N) is 1. The molecule has 0 radical (unpaired) electrons. The zero-order chi connectivity index (χ0) is 20.8. The van der Waals surface area contributed by atoms with Gasteiger partial charge >= 0.3 is 5.97 Å². The molecule has 2 aromatic rings. The molecule has 0 aromatic heterocycles. The SMILES string of the molecule is Cc1cc([N+](=O)[O-])ccc1NC(=O)COC(=O)COc1c(C)cc(Cl)cc1C. The standard InChI is InChI=1S/C19H19ClN2O6/c1-11-8-15(22(25)26)4-5-16(11)21-17(23)9-27-18(24)10-28-19-12(2)6-14(20)7-13(19)3/h4-8H,9-10H2,1-3H3,(H,21,23). The highest BCUT2D eigenvalue weighted by molar-refractivity contribution is 6.30. The molecule has 1 amide bonds. The summed E-state index contributed by atoms with van der Waals surface area (Å²) in [5, 5.41) is 13.8. The number of hydrogen-bond acceptors (Lipinski definition) is 6. The lowest BCUT2D eigenvalue weighted by Gasteiger charge is -2.12. The molecular formula is C19H19ClN2O6. The van der Waals surface area contributed by atoms with E-state index < -0.39 is 23.4 Å². The van der Waals surface area contributed by atoms with Crippen molar-refractivity contribution < 1.29 is 24.0 Å². The first kappa shape index (κ1) is 21.2. The first-order valence-electron chi connectivity index (χ1n) is 8.27. The highest BCUT2D eigenvalue weighted by atomic mass is 35.5. The molecular weight excluding hydrogens is 388 g/mol. The quantitative estimate of drug-likeness (QED) is 0.426. The normalized spacial score (nSPS) is 10.3. The van der Waals surface area contributed by atoms with E-state index in [-0.39, 0.29) is 12.3 Å².